The molecule has 4 nitrogen and oxygen atoms in total. The maximum Gasteiger partial charge on any atom is 0.296 e. The van der Waals surface area contributed by atoms with E-state index in [9.17, 15) is 4.79 Å². The van der Waals surface area contributed by atoms with E-state index in [1.807, 2.05) is 29.6 Å². The van der Waals surface area contributed by atoms with E-state index in [2.05, 4.69) is 4.99 Å². The first kappa shape index (κ1) is 9.35. The summed E-state index contributed by atoms with van der Waals surface area (Å²) in [6.45, 7) is 0. The van der Waals surface area contributed by atoms with Crippen LogP contribution in [-0.4, -0.2) is 11.9 Å². The van der Waals surface area contributed by atoms with Crippen molar-refractivity contribution in [2.24, 2.45) is 10.7 Å². The molecular formula is C11H8N2O2S. The van der Waals surface area contributed by atoms with Gasteiger partial charge in [0.25, 0.3) is 11.9 Å². The molecule has 1 aliphatic heterocycles. The van der Waals surface area contributed by atoms with Crippen molar-refractivity contribution in [1.82, 2.24) is 0 Å². The first-order valence-electron chi connectivity index (χ1n) is 4.76. The molecule has 16 heavy (non-hydrogen) atoms. The highest BCUT2D eigenvalue weighted by molar-refractivity contribution is 7.17. The van der Waals surface area contributed by atoms with Gasteiger partial charge < -0.3 is 10.5 Å². The first-order chi connectivity index (χ1) is 7.75. The monoisotopic (exact) mass is 232 g/mol. The Labute approximate surface area is 95.4 Å². The summed E-state index contributed by atoms with van der Waals surface area (Å²) < 4.78 is 6.34. The van der Waals surface area contributed by atoms with Crippen molar-refractivity contribution in [3.8, 4) is 0 Å². The van der Waals surface area contributed by atoms with Crippen LogP contribution in [0, 0.1) is 0 Å². The summed E-state index contributed by atoms with van der Waals surface area (Å²) in [6, 6.07) is 7.82. The quantitative estimate of drug-likeness (QED) is 0.815. The molecule has 0 radical (unpaired) electrons. The number of thiophene rings is 1. The number of carbonyl (C=O) groups excluding carboxylic acids is 1. The number of amidine groups is 1. The second-order valence-corrected chi connectivity index (χ2v) is 4.38. The number of carbonyl (C=O) groups is 1. The zero-order valence-electron chi connectivity index (χ0n) is 8.21. The van der Waals surface area contributed by atoms with Crippen LogP contribution in [0.5, 0.6) is 0 Å². The number of hydrogen-bond donors (Lipinski definition) is 1. The van der Waals surface area contributed by atoms with Crippen LogP contribution < -0.4 is 5.73 Å². The minimum atomic E-state index is -0.670. The molecule has 0 saturated carbocycles. The molecule has 0 aliphatic carbocycles. The lowest BCUT2D eigenvalue weighted by atomic mass is 10.1. The van der Waals surface area contributed by atoms with Crippen LogP contribution >= 0.6 is 11.3 Å². The molecule has 2 N–H and O–H groups in total. The summed E-state index contributed by atoms with van der Waals surface area (Å²) in [5.74, 6) is -0.332. The smallest absolute Gasteiger partial charge is 0.296 e. The Morgan fingerprint density at radius 3 is 2.94 bits per heavy atom. The van der Waals surface area contributed by atoms with E-state index in [1.54, 1.807) is 11.3 Å². The fourth-order valence-electron chi connectivity index (χ4n) is 1.76. The number of ether oxygens (including phenoxy) is 1. The van der Waals surface area contributed by atoms with Gasteiger partial charge in [-0.05, 0) is 16.8 Å². The lowest BCUT2D eigenvalue weighted by molar-refractivity contribution is -0.122. The summed E-state index contributed by atoms with van der Waals surface area (Å²) >= 11 is 1.58. The Kier molecular flexibility index (Phi) is 1.94. The van der Waals surface area contributed by atoms with E-state index < -0.39 is 6.10 Å². The number of aliphatic imine (C=N–C) groups is 1. The predicted octanol–water partition coefficient (Wildman–Crippen LogP) is 1.81. The predicted molar refractivity (Wildman–Crippen MR) is 62.3 cm³/mol. The van der Waals surface area contributed by atoms with E-state index in [1.165, 1.54) is 0 Å². The van der Waals surface area contributed by atoms with Crippen molar-refractivity contribution in [2.75, 3.05) is 0 Å². The lowest BCUT2D eigenvalue weighted by Crippen LogP contribution is -2.13. The molecular weight excluding hydrogens is 224 g/mol. The fraction of sp³-hybridized carbons (Fsp3) is 0.0909. The molecule has 1 aromatic heterocycles. The molecule has 80 valence electrons. The maximum absolute atomic E-state index is 11.5. The molecule has 1 aromatic carbocycles. The van der Waals surface area contributed by atoms with Gasteiger partial charge in [-0.15, -0.1) is 11.3 Å². The van der Waals surface area contributed by atoms with Crippen molar-refractivity contribution < 1.29 is 9.53 Å². The van der Waals surface area contributed by atoms with Gasteiger partial charge in [-0.3, -0.25) is 4.79 Å². The van der Waals surface area contributed by atoms with Crippen molar-refractivity contribution >= 4 is 33.4 Å². The first-order valence-corrected chi connectivity index (χ1v) is 5.64. The molecule has 0 bridgehead atoms. The molecule has 2 heterocycles. The summed E-state index contributed by atoms with van der Waals surface area (Å²) in [7, 11) is 0. The Hall–Kier alpha value is -1.88. The van der Waals surface area contributed by atoms with Gasteiger partial charge in [0.1, 0.15) is 0 Å². The zero-order valence-corrected chi connectivity index (χ0v) is 9.03. The SMILES string of the molecule is NC1=NC(=O)C(c2csc3ccccc23)O1. The van der Waals surface area contributed by atoms with Gasteiger partial charge in [-0.25, -0.2) is 0 Å². The van der Waals surface area contributed by atoms with Crippen LogP contribution in [0.3, 0.4) is 0 Å². The van der Waals surface area contributed by atoms with E-state index in [-0.39, 0.29) is 11.9 Å². The normalized spacial score (nSPS) is 19.9. The van der Waals surface area contributed by atoms with E-state index in [4.69, 9.17) is 10.5 Å². The highest BCUT2D eigenvalue weighted by atomic mass is 32.1. The Morgan fingerprint density at radius 2 is 2.19 bits per heavy atom. The van der Waals surface area contributed by atoms with E-state index in [0.29, 0.717) is 0 Å². The maximum atomic E-state index is 11.5. The third-order valence-corrected chi connectivity index (χ3v) is 3.46. The van der Waals surface area contributed by atoms with Crippen LogP contribution in [0.2, 0.25) is 0 Å². The molecule has 0 fully saturated rings. The summed E-state index contributed by atoms with van der Waals surface area (Å²) in [6.07, 6.45) is -0.670. The van der Waals surface area contributed by atoms with Crippen LogP contribution in [0.1, 0.15) is 11.7 Å². The molecule has 3 rings (SSSR count). The summed E-state index contributed by atoms with van der Waals surface area (Å²) in [5.41, 5.74) is 6.22. The molecule has 0 spiro atoms. The highest BCUT2D eigenvalue weighted by Gasteiger charge is 2.31. The zero-order chi connectivity index (χ0) is 11.1. The number of benzene rings is 1. The number of nitrogens with zero attached hydrogens (tertiary/aromatic N) is 1. The number of rotatable bonds is 1. The van der Waals surface area contributed by atoms with Gasteiger partial charge in [-0.2, -0.15) is 4.99 Å². The molecule has 1 amide bonds. The molecule has 1 aliphatic rings. The van der Waals surface area contributed by atoms with Gasteiger partial charge in [0.15, 0.2) is 0 Å². The molecule has 1 unspecified atom stereocenters. The summed E-state index contributed by atoms with van der Waals surface area (Å²) in [4.78, 5) is 15.1. The number of fused-ring (bicyclic) bond motifs is 1. The lowest BCUT2D eigenvalue weighted by Gasteiger charge is -2.06. The largest absolute Gasteiger partial charge is 0.447 e. The molecule has 0 saturated heterocycles. The van der Waals surface area contributed by atoms with Gasteiger partial charge >= 0.3 is 0 Å². The van der Waals surface area contributed by atoms with Crippen LogP contribution in [0.15, 0.2) is 34.6 Å². The third kappa shape index (κ3) is 1.29. The topological polar surface area (TPSA) is 64.7 Å². The highest BCUT2D eigenvalue weighted by Crippen LogP contribution is 2.34. The average molecular weight is 232 g/mol. The molecule has 1 atom stereocenters. The molecule has 5 heteroatoms. The number of nitrogens with two attached hydrogens (primary N) is 1. The standard InChI is InChI=1S/C11H8N2O2S/c12-11-13-10(14)9(15-11)7-5-16-8-4-2-1-3-6(7)8/h1-5,9H,(H2,12,13,14). The summed E-state index contributed by atoms with van der Waals surface area (Å²) in [5, 5.41) is 2.94. The van der Waals surface area contributed by atoms with Crippen LogP contribution in [-0.2, 0) is 9.53 Å². The van der Waals surface area contributed by atoms with Crippen molar-refractivity contribution in [3.63, 3.8) is 0 Å². The number of hydrogen-bond acceptors (Lipinski definition) is 4. The second kappa shape index (κ2) is 3.31. The Morgan fingerprint density at radius 1 is 1.38 bits per heavy atom. The van der Waals surface area contributed by atoms with Crippen LogP contribution in [0.25, 0.3) is 10.1 Å². The average Bonchev–Trinajstić information content (AvgIpc) is 2.81. The van der Waals surface area contributed by atoms with Gasteiger partial charge in [0, 0.05) is 10.3 Å². The van der Waals surface area contributed by atoms with Gasteiger partial charge in [0.2, 0.25) is 6.10 Å². The van der Waals surface area contributed by atoms with E-state index in [0.717, 1.165) is 15.6 Å². The van der Waals surface area contributed by atoms with Crippen molar-refractivity contribution in [3.05, 3.63) is 35.2 Å². The fourth-order valence-corrected chi connectivity index (χ4v) is 2.74. The van der Waals surface area contributed by atoms with Gasteiger partial charge in [-0.1, -0.05) is 18.2 Å². The van der Waals surface area contributed by atoms with Crippen molar-refractivity contribution in [2.45, 2.75) is 6.10 Å². The Balaban J connectivity index is 2.11. The van der Waals surface area contributed by atoms with Crippen molar-refractivity contribution in [1.29, 1.82) is 0 Å². The third-order valence-electron chi connectivity index (χ3n) is 2.48. The minimum Gasteiger partial charge on any atom is -0.447 e. The minimum absolute atomic E-state index is 0.0507. The Bertz CT molecular complexity index is 603. The number of amides is 1. The molecule has 2 aromatic rings. The van der Waals surface area contributed by atoms with Crippen LogP contribution in [0.4, 0.5) is 0 Å². The van der Waals surface area contributed by atoms with E-state index >= 15 is 0 Å². The van der Waals surface area contributed by atoms with Gasteiger partial charge in [0.05, 0.1) is 0 Å². The second-order valence-electron chi connectivity index (χ2n) is 3.47.